The minimum Gasteiger partial charge on any atom is -0.397 e. The molecule has 3 rings (SSSR count). The molecule has 2 aromatic rings. The summed E-state index contributed by atoms with van der Waals surface area (Å²) >= 11 is 0. The SMILES string of the molecule is C[C@@H]1CN(c2ccc3cnccc3c2N)C[C@H](C)O1. The first-order valence-electron chi connectivity index (χ1n) is 6.68. The normalized spacial score (nSPS) is 23.8. The van der Waals surface area contributed by atoms with Gasteiger partial charge < -0.3 is 15.4 Å². The number of rotatable bonds is 1. The molecular formula is C15H19N3O. The Hall–Kier alpha value is -1.81. The minimum absolute atomic E-state index is 0.233. The van der Waals surface area contributed by atoms with Crippen molar-refractivity contribution < 1.29 is 4.74 Å². The number of nitrogens with two attached hydrogens (primary N) is 1. The molecule has 1 aliphatic rings. The van der Waals surface area contributed by atoms with E-state index in [-0.39, 0.29) is 12.2 Å². The molecule has 4 heteroatoms. The van der Waals surface area contributed by atoms with E-state index in [4.69, 9.17) is 10.5 Å². The van der Waals surface area contributed by atoms with E-state index < -0.39 is 0 Å². The number of ether oxygens (including phenoxy) is 1. The third-order valence-corrected chi connectivity index (χ3v) is 3.60. The second-order valence-corrected chi connectivity index (χ2v) is 5.26. The maximum atomic E-state index is 6.33. The molecule has 19 heavy (non-hydrogen) atoms. The Labute approximate surface area is 113 Å². The second kappa shape index (κ2) is 4.70. The van der Waals surface area contributed by atoms with Crippen LogP contribution in [0.4, 0.5) is 11.4 Å². The molecule has 1 saturated heterocycles. The first-order valence-corrected chi connectivity index (χ1v) is 6.68. The largest absolute Gasteiger partial charge is 0.397 e. The summed E-state index contributed by atoms with van der Waals surface area (Å²) < 4.78 is 5.77. The maximum Gasteiger partial charge on any atom is 0.0726 e. The number of anilines is 2. The van der Waals surface area contributed by atoms with Gasteiger partial charge in [0.25, 0.3) is 0 Å². The molecular weight excluding hydrogens is 238 g/mol. The van der Waals surface area contributed by atoms with E-state index in [1.807, 2.05) is 12.3 Å². The second-order valence-electron chi connectivity index (χ2n) is 5.26. The lowest BCUT2D eigenvalue weighted by Gasteiger charge is -2.37. The summed E-state index contributed by atoms with van der Waals surface area (Å²) in [6, 6.07) is 6.14. The number of hydrogen-bond acceptors (Lipinski definition) is 4. The Kier molecular flexibility index (Phi) is 3.03. The van der Waals surface area contributed by atoms with Crippen molar-refractivity contribution in [3.63, 3.8) is 0 Å². The van der Waals surface area contributed by atoms with Crippen molar-refractivity contribution >= 4 is 22.1 Å². The standard InChI is InChI=1S/C15H19N3O/c1-10-8-18(9-11(2)19-10)14-4-3-12-7-17-6-5-13(12)15(14)16/h3-7,10-11H,8-9,16H2,1-2H3/t10-,11+. The predicted molar refractivity (Wildman–Crippen MR) is 78.4 cm³/mol. The summed E-state index contributed by atoms with van der Waals surface area (Å²) in [6.45, 7) is 5.96. The molecule has 0 bridgehead atoms. The first kappa shape index (κ1) is 12.2. The monoisotopic (exact) mass is 257 g/mol. The molecule has 0 spiro atoms. The summed E-state index contributed by atoms with van der Waals surface area (Å²) in [6.07, 6.45) is 4.10. The van der Waals surface area contributed by atoms with Gasteiger partial charge in [0, 0.05) is 36.3 Å². The van der Waals surface area contributed by atoms with Crippen LogP contribution in [0.5, 0.6) is 0 Å². The molecule has 2 heterocycles. The molecule has 2 N–H and O–H groups in total. The van der Waals surface area contributed by atoms with Crippen LogP contribution in [-0.4, -0.2) is 30.3 Å². The van der Waals surface area contributed by atoms with Gasteiger partial charge in [-0.2, -0.15) is 0 Å². The van der Waals surface area contributed by atoms with Crippen molar-refractivity contribution in [2.45, 2.75) is 26.1 Å². The summed E-state index contributed by atoms with van der Waals surface area (Å²) in [5.41, 5.74) is 8.26. The van der Waals surface area contributed by atoms with Crippen molar-refractivity contribution in [2.75, 3.05) is 23.7 Å². The smallest absolute Gasteiger partial charge is 0.0726 e. The average molecular weight is 257 g/mol. The van der Waals surface area contributed by atoms with E-state index >= 15 is 0 Å². The van der Waals surface area contributed by atoms with Crippen LogP contribution in [0.3, 0.4) is 0 Å². The highest BCUT2D eigenvalue weighted by Crippen LogP contribution is 2.32. The van der Waals surface area contributed by atoms with Crippen LogP contribution >= 0.6 is 0 Å². The van der Waals surface area contributed by atoms with Gasteiger partial charge in [-0.15, -0.1) is 0 Å². The zero-order chi connectivity index (χ0) is 13.4. The van der Waals surface area contributed by atoms with E-state index in [0.29, 0.717) is 0 Å². The summed E-state index contributed by atoms with van der Waals surface area (Å²) in [5.74, 6) is 0. The molecule has 0 unspecified atom stereocenters. The lowest BCUT2D eigenvalue weighted by molar-refractivity contribution is -0.00516. The highest BCUT2D eigenvalue weighted by molar-refractivity contribution is 5.98. The zero-order valence-electron chi connectivity index (χ0n) is 11.3. The Balaban J connectivity index is 2.03. The quantitative estimate of drug-likeness (QED) is 0.797. The lowest BCUT2D eigenvalue weighted by Crippen LogP contribution is -2.45. The zero-order valence-corrected chi connectivity index (χ0v) is 11.3. The predicted octanol–water partition coefficient (Wildman–Crippen LogP) is 2.43. The Morgan fingerprint density at radius 1 is 1.21 bits per heavy atom. The van der Waals surface area contributed by atoms with E-state index in [9.17, 15) is 0 Å². The van der Waals surface area contributed by atoms with Gasteiger partial charge in [0.15, 0.2) is 0 Å². The molecule has 100 valence electrons. The number of benzene rings is 1. The summed E-state index contributed by atoms with van der Waals surface area (Å²) in [4.78, 5) is 6.44. The Morgan fingerprint density at radius 3 is 2.68 bits per heavy atom. The molecule has 1 aliphatic heterocycles. The molecule has 1 aromatic heterocycles. The highest BCUT2D eigenvalue weighted by atomic mass is 16.5. The molecule has 2 atom stereocenters. The number of nitrogens with zero attached hydrogens (tertiary/aromatic N) is 2. The van der Waals surface area contributed by atoms with E-state index in [1.54, 1.807) is 6.20 Å². The van der Waals surface area contributed by atoms with Crippen LogP contribution in [0.15, 0.2) is 30.6 Å². The topological polar surface area (TPSA) is 51.4 Å². The number of pyridine rings is 1. The van der Waals surface area contributed by atoms with Crippen LogP contribution in [0.2, 0.25) is 0 Å². The Morgan fingerprint density at radius 2 is 1.95 bits per heavy atom. The molecule has 0 saturated carbocycles. The van der Waals surface area contributed by atoms with Crippen molar-refractivity contribution in [1.82, 2.24) is 4.98 Å². The molecule has 0 aliphatic carbocycles. The van der Waals surface area contributed by atoms with Gasteiger partial charge in [0.05, 0.1) is 23.6 Å². The van der Waals surface area contributed by atoms with Crippen molar-refractivity contribution in [3.8, 4) is 0 Å². The number of fused-ring (bicyclic) bond motifs is 1. The van der Waals surface area contributed by atoms with E-state index in [2.05, 4.69) is 35.9 Å². The van der Waals surface area contributed by atoms with Gasteiger partial charge in [-0.1, -0.05) is 6.07 Å². The van der Waals surface area contributed by atoms with Gasteiger partial charge in [-0.3, -0.25) is 4.98 Å². The van der Waals surface area contributed by atoms with Gasteiger partial charge in [0.1, 0.15) is 0 Å². The van der Waals surface area contributed by atoms with Gasteiger partial charge in [-0.25, -0.2) is 0 Å². The van der Waals surface area contributed by atoms with Crippen LogP contribution in [0.25, 0.3) is 10.8 Å². The number of hydrogen-bond donors (Lipinski definition) is 1. The fourth-order valence-corrected chi connectivity index (χ4v) is 2.83. The van der Waals surface area contributed by atoms with Crippen LogP contribution in [-0.2, 0) is 4.74 Å². The highest BCUT2D eigenvalue weighted by Gasteiger charge is 2.23. The number of morpholine rings is 1. The number of aromatic nitrogens is 1. The van der Waals surface area contributed by atoms with E-state index in [1.165, 1.54) is 0 Å². The van der Waals surface area contributed by atoms with Crippen LogP contribution in [0.1, 0.15) is 13.8 Å². The lowest BCUT2D eigenvalue weighted by atomic mass is 10.1. The minimum atomic E-state index is 0.233. The Bertz CT molecular complexity index is 589. The first-order chi connectivity index (χ1) is 9.15. The van der Waals surface area contributed by atoms with E-state index in [0.717, 1.165) is 35.2 Å². The summed E-state index contributed by atoms with van der Waals surface area (Å²) in [5, 5.41) is 2.15. The fourth-order valence-electron chi connectivity index (χ4n) is 2.83. The van der Waals surface area contributed by atoms with Crippen LogP contribution < -0.4 is 10.6 Å². The molecule has 4 nitrogen and oxygen atoms in total. The maximum absolute atomic E-state index is 6.33. The number of nitrogen functional groups attached to an aromatic ring is 1. The fraction of sp³-hybridized carbons (Fsp3) is 0.400. The molecule has 1 fully saturated rings. The third-order valence-electron chi connectivity index (χ3n) is 3.60. The van der Waals surface area contributed by atoms with Crippen molar-refractivity contribution in [1.29, 1.82) is 0 Å². The third kappa shape index (κ3) is 2.24. The van der Waals surface area contributed by atoms with Gasteiger partial charge in [-0.05, 0) is 26.0 Å². The molecule has 0 radical (unpaired) electrons. The van der Waals surface area contributed by atoms with Crippen LogP contribution in [0, 0.1) is 0 Å². The average Bonchev–Trinajstić information content (AvgIpc) is 2.38. The summed E-state index contributed by atoms with van der Waals surface area (Å²) in [7, 11) is 0. The van der Waals surface area contributed by atoms with Crippen molar-refractivity contribution in [3.05, 3.63) is 30.6 Å². The van der Waals surface area contributed by atoms with Gasteiger partial charge >= 0.3 is 0 Å². The molecule has 1 aromatic carbocycles. The van der Waals surface area contributed by atoms with Gasteiger partial charge in [0.2, 0.25) is 0 Å². The molecule has 0 amide bonds. The van der Waals surface area contributed by atoms with Crippen molar-refractivity contribution in [2.24, 2.45) is 0 Å².